The number of methoxy groups -OCH3 is 3. The first-order valence-electron chi connectivity index (χ1n) is 9.33. The molecule has 1 fully saturated rings. The van der Waals surface area contributed by atoms with Gasteiger partial charge < -0.3 is 19.5 Å². The second-order valence-electron chi connectivity index (χ2n) is 6.42. The topological polar surface area (TPSA) is 107 Å². The van der Waals surface area contributed by atoms with Crippen LogP contribution in [0.25, 0.3) is 6.08 Å². The van der Waals surface area contributed by atoms with Crippen LogP contribution in [0.1, 0.15) is 15.9 Å². The van der Waals surface area contributed by atoms with Crippen LogP contribution in [0.15, 0.2) is 35.4 Å². The summed E-state index contributed by atoms with van der Waals surface area (Å²) in [6.45, 7) is 0.126. The molecule has 0 atom stereocenters. The first-order chi connectivity index (χ1) is 15.4. The van der Waals surface area contributed by atoms with Crippen LogP contribution in [-0.2, 0) is 4.79 Å². The lowest BCUT2D eigenvalue weighted by molar-refractivity contribution is -0.122. The van der Waals surface area contributed by atoms with Crippen molar-refractivity contribution in [1.29, 1.82) is 0 Å². The lowest BCUT2D eigenvalue weighted by Gasteiger charge is -2.13. The molecular formula is C21H20ClN3O6S. The summed E-state index contributed by atoms with van der Waals surface area (Å²) in [5.74, 6) is 0.450. The Morgan fingerprint density at radius 2 is 1.84 bits per heavy atom. The van der Waals surface area contributed by atoms with Crippen LogP contribution in [0.2, 0.25) is 5.15 Å². The average Bonchev–Trinajstić information content (AvgIpc) is 3.05. The molecule has 1 N–H and O–H groups in total. The number of carbonyl (C=O) groups excluding carboxylic acids is 3. The fourth-order valence-corrected chi connectivity index (χ4v) is 3.90. The van der Waals surface area contributed by atoms with Gasteiger partial charge in [-0.1, -0.05) is 11.6 Å². The van der Waals surface area contributed by atoms with Gasteiger partial charge in [-0.25, -0.2) is 4.98 Å². The van der Waals surface area contributed by atoms with Gasteiger partial charge in [-0.15, -0.1) is 0 Å². The van der Waals surface area contributed by atoms with Gasteiger partial charge in [0.15, 0.2) is 11.5 Å². The van der Waals surface area contributed by atoms with Crippen LogP contribution in [-0.4, -0.2) is 61.4 Å². The predicted molar refractivity (Wildman–Crippen MR) is 120 cm³/mol. The van der Waals surface area contributed by atoms with Gasteiger partial charge in [-0.2, -0.15) is 0 Å². The lowest BCUT2D eigenvalue weighted by Crippen LogP contribution is -2.37. The number of benzene rings is 1. The number of thioether (sulfide) groups is 1. The molecule has 9 nitrogen and oxygen atoms in total. The summed E-state index contributed by atoms with van der Waals surface area (Å²) < 4.78 is 15.9. The highest BCUT2D eigenvalue weighted by Gasteiger charge is 2.34. The number of nitrogens with zero attached hydrogens (tertiary/aromatic N) is 2. The number of carbonyl (C=O) groups is 3. The molecule has 3 rings (SSSR count). The van der Waals surface area contributed by atoms with E-state index in [0.29, 0.717) is 28.4 Å². The van der Waals surface area contributed by atoms with Crippen molar-refractivity contribution in [3.8, 4) is 17.2 Å². The Labute approximate surface area is 193 Å². The van der Waals surface area contributed by atoms with Crippen molar-refractivity contribution >= 4 is 46.5 Å². The van der Waals surface area contributed by atoms with Crippen LogP contribution < -0.4 is 19.5 Å². The molecule has 2 aromatic rings. The van der Waals surface area contributed by atoms with E-state index >= 15 is 0 Å². The molecule has 3 amide bonds. The van der Waals surface area contributed by atoms with Gasteiger partial charge in [-0.05, 0) is 47.7 Å². The molecular weight excluding hydrogens is 458 g/mol. The smallest absolute Gasteiger partial charge is 0.293 e. The van der Waals surface area contributed by atoms with Gasteiger partial charge in [0.2, 0.25) is 5.75 Å². The predicted octanol–water partition coefficient (Wildman–Crippen LogP) is 3.23. The molecule has 0 spiro atoms. The monoisotopic (exact) mass is 477 g/mol. The van der Waals surface area contributed by atoms with Gasteiger partial charge in [0, 0.05) is 19.3 Å². The number of rotatable bonds is 8. The Balaban J connectivity index is 1.68. The third-order valence-corrected chi connectivity index (χ3v) is 5.60. The zero-order chi connectivity index (χ0) is 23.3. The number of pyridine rings is 1. The van der Waals surface area contributed by atoms with Crippen molar-refractivity contribution in [2.24, 2.45) is 0 Å². The van der Waals surface area contributed by atoms with E-state index in [0.717, 1.165) is 16.7 Å². The van der Waals surface area contributed by atoms with Crippen molar-refractivity contribution < 1.29 is 28.6 Å². The quantitative estimate of drug-likeness (QED) is 0.456. The summed E-state index contributed by atoms with van der Waals surface area (Å²) in [6.07, 6.45) is 2.92. The maximum absolute atomic E-state index is 12.7. The average molecular weight is 478 g/mol. The Bertz CT molecular complexity index is 1050. The SMILES string of the molecule is COc1cc(/C=C2/SC(=O)N(CCNC(=O)c3ccc(Cl)nc3)C2=O)cc(OC)c1OC. The molecule has 1 aromatic heterocycles. The van der Waals surface area contributed by atoms with Gasteiger partial charge in [0.05, 0.1) is 31.8 Å². The van der Waals surface area contributed by atoms with Gasteiger partial charge in [-0.3, -0.25) is 19.3 Å². The Kier molecular flexibility index (Phi) is 7.60. The summed E-state index contributed by atoms with van der Waals surface area (Å²) >= 11 is 6.53. The standard InChI is InChI=1S/C21H20ClN3O6S/c1-29-14-8-12(9-15(30-2)18(14)31-3)10-16-20(27)25(21(28)32-16)7-6-23-19(26)13-4-5-17(22)24-11-13/h4-5,8-11H,6-7H2,1-3H3,(H,23,26)/b16-10+. The van der Waals surface area contributed by atoms with E-state index < -0.39 is 11.1 Å². The third kappa shape index (κ3) is 5.14. The normalized spacial score (nSPS) is 14.6. The van der Waals surface area contributed by atoms with Gasteiger partial charge in [0.1, 0.15) is 5.15 Å². The van der Waals surface area contributed by atoms with Crippen molar-refractivity contribution in [1.82, 2.24) is 15.2 Å². The minimum atomic E-state index is -0.448. The molecule has 0 aliphatic carbocycles. The van der Waals surface area contributed by atoms with Crippen molar-refractivity contribution in [2.45, 2.75) is 0 Å². The zero-order valence-corrected chi connectivity index (χ0v) is 19.1. The van der Waals surface area contributed by atoms with E-state index in [9.17, 15) is 14.4 Å². The number of hydrogen-bond acceptors (Lipinski definition) is 8. The minimum absolute atomic E-state index is 0.0318. The molecule has 2 heterocycles. The van der Waals surface area contributed by atoms with Crippen LogP contribution in [0.3, 0.4) is 0 Å². The van der Waals surface area contributed by atoms with E-state index in [-0.39, 0.29) is 29.1 Å². The number of imide groups is 1. The van der Waals surface area contributed by atoms with E-state index in [1.807, 2.05) is 0 Å². The lowest BCUT2D eigenvalue weighted by atomic mass is 10.1. The summed E-state index contributed by atoms with van der Waals surface area (Å²) in [5, 5.41) is 2.51. The highest BCUT2D eigenvalue weighted by molar-refractivity contribution is 8.18. The summed E-state index contributed by atoms with van der Waals surface area (Å²) in [5.41, 5.74) is 0.930. The first kappa shape index (κ1) is 23.4. The second kappa shape index (κ2) is 10.4. The second-order valence-corrected chi connectivity index (χ2v) is 7.80. The van der Waals surface area contributed by atoms with E-state index in [4.69, 9.17) is 25.8 Å². The number of aromatic nitrogens is 1. The maximum Gasteiger partial charge on any atom is 0.293 e. The molecule has 0 bridgehead atoms. The first-order valence-corrected chi connectivity index (χ1v) is 10.5. The minimum Gasteiger partial charge on any atom is -0.493 e. The maximum atomic E-state index is 12.7. The van der Waals surface area contributed by atoms with E-state index in [1.165, 1.54) is 39.7 Å². The largest absolute Gasteiger partial charge is 0.493 e. The van der Waals surface area contributed by atoms with Gasteiger partial charge in [0.25, 0.3) is 17.1 Å². The Hall–Kier alpha value is -3.24. The zero-order valence-electron chi connectivity index (χ0n) is 17.5. The number of halogens is 1. The summed E-state index contributed by atoms with van der Waals surface area (Å²) in [7, 11) is 4.47. The van der Waals surface area contributed by atoms with E-state index in [2.05, 4.69) is 10.3 Å². The molecule has 1 aromatic carbocycles. The van der Waals surface area contributed by atoms with Crippen molar-refractivity contribution in [2.75, 3.05) is 34.4 Å². The number of hydrogen-bond donors (Lipinski definition) is 1. The molecule has 32 heavy (non-hydrogen) atoms. The highest BCUT2D eigenvalue weighted by atomic mass is 35.5. The van der Waals surface area contributed by atoms with Crippen LogP contribution in [0, 0.1) is 0 Å². The van der Waals surface area contributed by atoms with Crippen molar-refractivity contribution in [3.63, 3.8) is 0 Å². The molecule has 168 valence electrons. The molecule has 0 saturated carbocycles. The highest BCUT2D eigenvalue weighted by Crippen LogP contribution is 2.40. The number of nitrogens with one attached hydrogen (secondary N) is 1. The van der Waals surface area contributed by atoms with Crippen molar-refractivity contribution in [3.05, 3.63) is 51.6 Å². The molecule has 0 radical (unpaired) electrons. The number of ether oxygens (including phenoxy) is 3. The Morgan fingerprint density at radius 3 is 2.41 bits per heavy atom. The van der Waals surface area contributed by atoms with Crippen LogP contribution in [0.5, 0.6) is 17.2 Å². The molecule has 1 aliphatic rings. The fourth-order valence-electron chi connectivity index (χ4n) is 2.92. The molecule has 11 heteroatoms. The van der Waals surface area contributed by atoms with Gasteiger partial charge >= 0.3 is 0 Å². The molecule has 0 unspecified atom stereocenters. The summed E-state index contributed by atoms with van der Waals surface area (Å²) in [6, 6.07) is 6.39. The fraction of sp³-hybridized carbons (Fsp3) is 0.238. The van der Waals surface area contributed by atoms with Crippen LogP contribution in [0.4, 0.5) is 4.79 Å². The summed E-state index contributed by atoms with van der Waals surface area (Å²) in [4.78, 5) is 42.4. The van der Waals surface area contributed by atoms with Crippen LogP contribution >= 0.6 is 23.4 Å². The molecule has 1 aliphatic heterocycles. The third-order valence-electron chi connectivity index (χ3n) is 4.47. The Morgan fingerprint density at radius 1 is 1.16 bits per heavy atom. The molecule has 1 saturated heterocycles. The van der Waals surface area contributed by atoms with E-state index in [1.54, 1.807) is 18.2 Å². The number of amides is 3.